The molecular weight excluding hydrogens is 270 g/mol. The highest BCUT2D eigenvalue weighted by Gasteiger charge is 2.30. The third kappa shape index (κ3) is 4.81. The lowest BCUT2D eigenvalue weighted by molar-refractivity contribution is -0.149. The molecule has 21 heavy (non-hydrogen) atoms. The molecule has 1 fully saturated rings. The van der Waals surface area contributed by atoms with Crippen LogP contribution >= 0.6 is 0 Å². The van der Waals surface area contributed by atoms with Gasteiger partial charge in [-0.15, -0.1) is 0 Å². The second kappa shape index (κ2) is 8.34. The van der Waals surface area contributed by atoms with Gasteiger partial charge in [0.1, 0.15) is 12.6 Å². The van der Waals surface area contributed by atoms with Crippen molar-refractivity contribution in [3.05, 3.63) is 11.8 Å². The van der Waals surface area contributed by atoms with E-state index in [1.165, 1.54) is 4.90 Å². The van der Waals surface area contributed by atoms with E-state index in [1.54, 1.807) is 13.1 Å². The van der Waals surface area contributed by atoms with E-state index in [2.05, 4.69) is 9.98 Å². The molecule has 1 heterocycles. The van der Waals surface area contributed by atoms with Crippen molar-refractivity contribution in [3.63, 3.8) is 0 Å². The fraction of sp³-hybridized carbons (Fsp3) is 0.600. The fourth-order valence-electron chi connectivity index (χ4n) is 2.05. The predicted molar refractivity (Wildman–Crippen MR) is 82.7 cm³/mol. The van der Waals surface area contributed by atoms with Crippen molar-refractivity contribution in [3.8, 4) is 0 Å². The first-order valence-corrected chi connectivity index (χ1v) is 7.05. The van der Waals surface area contributed by atoms with Crippen LogP contribution in [0.1, 0.15) is 33.6 Å². The Balaban J connectivity index is 2.60. The molecule has 1 aliphatic rings. The lowest BCUT2D eigenvalue weighted by atomic mass is 10.2. The van der Waals surface area contributed by atoms with Crippen LogP contribution in [0.3, 0.4) is 0 Å². The number of carbonyl (C=O) groups is 2. The molecule has 116 valence electrons. The molecule has 1 aliphatic heterocycles. The number of nitrogens with zero attached hydrogens (tertiary/aromatic N) is 3. The molecule has 0 aliphatic carbocycles. The number of likely N-dealkylation sites (tertiary alicyclic amines) is 1. The Labute approximate surface area is 125 Å². The first-order valence-electron chi connectivity index (χ1n) is 7.05. The topological polar surface area (TPSA) is 71.3 Å². The van der Waals surface area contributed by atoms with Crippen LogP contribution in [0, 0.1) is 0 Å². The second-order valence-corrected chi connectivity index (χ2v) is 4.90. The number of ether oxygens (including phenoxy) is 1. The molecule has 0 spiro atoms. The lowest BCUT2D eigenvalue weighted by Crippen LogP contribution is -2.36. The Morgan fingerprint density at radius 3 is 2.67 bits per heavy atom. The van der Waals surface area contributed by atoms with Crippen LogP contribution in [0.4, 0.5) is 0 Å². The summed E-state index contributed by atoms with van der Waals surface area (Å²) in [6, 6.07) is -0.454. The Bertz CT molecular complexity index is 481. The van der Waals surface area contributed by atoms with E-state index in [4.69, 9.17) is 4.74 Å². The van der Waals surface area contributed by atoms with Crippen molar-refractivity contribution in [1.29, 1.82) is 0 Å². The molecule has 6 heteroatoms. The van der Waals surface area contributed by atoms with Gasteiger partial charge >= 0.3 is 5.97 Å². The summed E-state index contributed by atoms with van der Waals surface area (Å²) in [7, 11) is 1.71. The average Bonchev–Trinajstić information content (AvgIpc) is 2.98. The molecule has 0 N–H and O–H groups in total. The van der Waals surface area contributed by atoms with Gasteiger partial charge in [0.25, 0.3) is 0 Å². The van der Waals surface area contributed by atoms with Gasteiger partial charge in [0.15, 0.2) is 0 Å². The maximum atomic E-state index is 12.0. The number of rotatable bonds is 6. The predicted octanol–water partition coefficient (Wildman–Crippen LogP) is 1.61. The summed E-state index contributed by atoms with van der Waals surface area (Å²) in [6.07, 6.45) is 4.00. The maximum absolute atomic E-state index is 12.0. The van der Waals surface area contributed by atoms with Crippen LogP contribution in [0.15, 0.2) is 21.8 Å². The highest BCUT2D eigenvalue weighted by molar-refractivity contribution is 6.40. The molecule has 0 saturated carbocycles. The number of esters is 1. The van der Waals surface area contributed by atoms with Crippen LogP contribution in [0.25, 0.3) is 0 Å². The van der Waals surface area contributed by atoms with Crippen LogP contribution < -0.4 is 0 Å². The molecule has 1 saturated heterocycles. The van der Waals surface area contributed by atoms with E-state index >= 15 is 0 Å². The van der Waals surface area contributed by atoms with Gasteiger partial charge in [0.05, 0.1) is 17.1 Å². The minimum atomic E-state index is -0.454. The van der Waals surface area contributed by atoms with Crippen molar-refractivity contribution < 1.29 is 14.3 Å². The SMILES string of the molecule is C/C=C(COC(=O)C1CCCN1C=O)/N=C(C)\C(C)=N/C. The van der Waals surface area contributed by atoms with Gasteiger partial charge in [0, 0.05) is 13.6 Å². The second-order valence-electron chi connectivity index (χ2n) is 4.90. The molecule has 0 aromatic carbocycles. The summed E-state index contributed by atoms with van der Waals surface area (Å²) in [5.74, 6) is -0.368. The average molecular weight is 293 g/mol. The smallest absolute Gasteiger partial charge is 0.329 e. The molecule has 0 aromatic rings. The van der Waals surface area contributed by atoms with E-state index in [0.717, 1.165) is 17.8 Å². The Kier molecular flexibility index (Phi) is 6.78. The zero-order chi connectivity index (χ0) is 15.8. The summed E-state index contributed by atoms with van der Waals surface area (Å²) < 4.78 is 5.27. The Morgan fingerprint density at radius 2 is 2.10 bits per heavy atom. The van der Waals surface area contributed by atoms with Gasteiger partial charge in [-0.3, -0.25) is 14.8 Å². The van der Waals surface area contributed by atoms with Gasteiger partial charge in [-0.05, 0) is 33.6 Å². The zero-order valence-corrected chi connectivity index (χ0v) is 13.1. The van der Waals surface area contributed by atoms with Crippen molar-refractivity contribution in [2.45, 2.75) is 39.7 Å². The number of amides is 1. The number of carbonyl (C=O) groups excluding carboxylic acids is 2. The maximum Gasteiger partial charge on any atom is 0.329 e. The van der Waals surface area contributed by atoms with Crippen LogP contribution in [-0.2, 0) is 14.3 Å². The molecule has 0 aromatic heterocycles. The molecule has 1 rings (SSSR count). The van der Waals surface area contributed by atoms with Gasteiger partial charge in [-0.2, -0.15) is 0 Å². The van der Waals surface area contributed by atoms with Gasteiger partial charge < -0.3 is 9.64 Å². The normalized spacial score (nSPS) is 20.7. The summed E-state index contributed by atoms with van der Waals surface area (Å²) in [5, 5.41) is 0. The van der Waals surface area contributed by atoms with Crippen LogP contribution in [0.2, 0.25) is 0 Å². The van der Waals surface area contributed by atoms with E-state index in [9.17, 15) is 9.59 Å². The van der Waals surface area contributed by atoms with E-state index < -0.39 is 6.04 Å². The largest absolute Gasteiger partial charge is 0.458 e. The monoisotopic (exact) mass is 293 g/mol. The van der Waals surface area contributed by atoms with Crippen molar-refractivity contribution in [2.24, 2.45) is 9.98 Å². The number of hydrogen-bond donors (Lipinski definition) is 0. The third-order valence-electron chi connectivity index (χ3n) is 3.57. The van der Waals surface area contributed by atoms with E-state index in [1.807, 2.05) is 20.8 Å². The summed E-state index contributed by atoms with van der Waals surface area (Å²) in [6.45, 7) is 6.29. The number of allylic oxidation sites excluding steroid dienone is 1. The fourth-order valence-corrected chi connectivity index (χ4v) is 2.05. The van der Waals surface area contributed by atoms with E-state index in [0.29, 0.717) is 25.1 Å². The summed E-state index contributed by atoms with van der Waals surface area (Å²) in [5.41, 5.74) is 2.29. The van der Waals surface area contributed by atoms with Crippen molar-refractivity contribution in [1.82, 2.24) is 4.90 Å². The highest BCUT2D eigenvalue weighted by atomic mass is 16.5. The molecular formula is C15H23N3O3. The first kappa shape index (κ1) is 17.1. The molecule has 1 atom stereocenters. The first-order chi connectivity index (χ1) is 10.0. The van der Waals surface area contributed by atoms with Gasteiger partial charge in [-0.25, -0.2) is 4.79 Å². The standard InChI is InChI=1S/C15H23N3O3/c1-5-13(17-12(3)11(2)16-4)9-21-15(20)14-7-6-8-18(14)10-19/h5,10,14H,6-9H2,1-4H3/b13-5+,16-11-,17-12-. The lowest BCUT2D eigenvalue weighted by Gasteiger charge is -2.18. The minimum Gasteiger partial charge on any atom is -0.458 e. The number of aliphatic imine (C=N–C) groups is 2. The van der Waals surface area contributed by atoms with Gasteiger partial charge in [-0.1, -0.05) is 6.08 Å². The molecule has 1 amide bonds. The highest BCUT2D eigenvalue weighted by Crippen LogP contribution is 2.16. The zero-order valence-electron chi connectivity index (χ0n) is 13.1. The van der Waals surface area contributed by atoms with Crippen molar-refractivity contribution in [2.75, 3.05) is 20.2 Å². The van der Waals surface area contributed by atoms with Crippen molar-refractivity contribution >= 4 is 23.8 Å². The summed E-state index contributed by atoms with van der Waals surface area (Å²) in [4.78, 5) is 32.8. The Hall–Kier alpha value is -1.98. The quantitative estimate of drug-likeness (QED) is 0.424. The third-order valence-corrected chi connectivity index (χ3v) is 3.57. The van der Waals surface area contributed by atoms with Gasteiger partial charge in [0.2, 0.25) is 6.41 Å². The van der Waals surface area contributed by atoms with Crippen LogP contribution in [0.5, 0.6) is 0 Å². The summed E-state index contributed by atoms with van der Waals surface area (Å²) >= 11 is 0. The minimum absolute atomic E-state index is 0.104. The van der Waals surface area contributed by atoms with E-state index in [-0.39, 0.29) is 12.6 Å². The Morgan fingerprint density at radius 1 is 1.38 bits per heavy atom. The molecule has 0 radical (unpaired) electrons. The molecule has 6 nitrogen and oxygen atoms in total. The molecule has 0 bridgehead atoms. The van der Waals surface area contributed by atoms with Crippen LogP contribution in [-0.4, -0.2) is 54.9 Å². The number of hydrogen-bond acceptors (Lipinski definition) is 5. The molecule has 1 unspecified atom stereocenters.